The summed E-state index contributed by atoms with van der Waals surface area (Å²) in [5, 5.41) is 8.68. The lowest BCUT2D eigenvalue weighted by atomic mass is 9.74. The molecule has 2 saturated carbocycles. The standard InChI is InChI=1S/C20H23F2N3O2/c1-19(2)12-8-9-20(19,25(3)18(26)27-4)17-11(12)10-15(23-24-17)16-13(21)6-5-7-14(16)22/h5-7,10-12,17H,8-9H2,1-4H3/t11?,12-,17?,20-/m0/s1. The van der Waals surface area contributed by atoms with Crippen LogP contribution in [0.15, 0.2) is 34.5 Å². The van der Waals surface area contributed by atoms with E-state index in [4.69, 9.17) is 4.74 Å². The second-order valence-electron chi connectivity index (χ2n) is 8.21. The van der Waals surface area contributed by atoms with Crippen LogP contribution in [0.25, 0.3) is 5.70 Å². The molecular formula is C20H23F2N3O2. The fourth-order valence-electron chi connectivity index (χ4n) is 5.81. The molecule has 0 spiro atoms. The van der Waals surface area contributed by atoms with Gasteiger partial charge in [0.15, 0.2) is 0 Å². The number of amides is 1. The predicted molar refractivity (Wildman–Crippen MR) is 95.9 cm³/mol. The molecule has 1 aromatic carbocycles. The number of benzene rings is 1. The average Bonchev–Trinajstić information content (AvgIpc) is 3.02. The Morgan fingerprint density at radius 1 is 1.30 bits per heavy atom. The van der Waals surface area contributed by atoms with Crippen LogP contribution in [0.1, 0.15) is 32.3 Å². The third-order valence-electron chi connectivity index (χ3n) is 7.10. The summed E-state index contributed by atoms with van der Waals surface area (Å²) >= 11 is 0. The summed E-state index contributed by atoms with van der Waals surface area (Å²) in [6.07, 6.45) is 3.15. The number of azo groups is 1. The molecule has 144 valence electrons. The molecule has 2 fully saturated rings. The molecular weight excluding hydrogens is 352 g/mol. The van der Waals surface area contributed by atoms with Crippen LogP contribution in [0.4, 0.5) is 13.6 Å². The largest absolute Gasteiger partial charge is 0.453 e. The topological polar surface area (TPSA) is 54.3 Å². The smallest absolute Gasteiger partial charge is 0.409 e. The second kappa shape index (κ2) is 5.84. The van der Waals surface area contributed by atoms with Gasteiger partial charge in [0.2, 0.25) is 0 Å². The van der Waals surface area contributed by atoms with E-state index in [1.807, 2.05) is 6.08 Å². The number of fused-ring (bicyclic) bond motifs is 5. The Kier molecular flexibility index (Phi) is 3.91. The fourth-order valence-corrected chi connectivity index (χ4v) is 5.81. The molecule has 27 heavy (non-hydrogen) atoms. The van der Waals surface area contributed by atoms with Gasteiger partial charge in [-0.05, 0) is 36.3 Å². The molecule has 1 aliphatic heterocycles. The van der Waals surface area contributed by atoms with Crippen LogP contribution >= 0.6 is 0 Å². The molecule has 0 N–H and O–H groups in total. The number of ether oxygens (including phenoxy) is 1. The molecule has 2 unspecified atom stereocenters. The molecule has 0 radical (unpaired) electrons. The molecule has 0 saturated heterocycles. The predicted octanol–water partition coefficient (Wildman–Crippen LogP) is 4.64. The minimum atomic E-state index is -0.651. The number of carbonyl (C=O) groups is 1. The Balaban J connectivity index is 1.79. The lowest BCUT2D eigenvalue weighted by Gasteiger charge is -2.47. The van der Waals surface area contributed by atoms with E-state index in [2.05, 4.69) is 24.1 Å². The second-order valence-corrected chi connectivity index (χ2v) is 8.21. The Hall–Kier alpha value is -2.31. The first-order valence-electron chi connectivity index (χ1n) is 9.14. The van der Waals surface area contributed by atoms with Gasteiger partial charge in [0.1, 0.15) is 17.7 Å². The van der Waals surface area contributed by atoms with Gasteiger partial charge in [-0.25, -0.2) is 13.6 Å². The van der Waals surface area contributed by atoms with Crippen molar-refractivity contribution in [1.82, 2.24) is 4.90 Å². The van der Waals surface area contributed by atoms with E-state index in [0.717, 1.165) is 12.8 Å². The zero-order valence-electron chi connectivity index (χ0n) is 15.9. The van der Waals surface area contributed by atoms with E-state index in [1.165, 1.54) is 25.3 Å². The van der Waals surface area contributed by atoms with Crippen molar-refractivity contribution in [2.24, 2.45) is 27.5 Å². The van der Waals surface area contributed by atoms with E-state index in [-0.39, 0.29) is 34.6 Å². The first kappa shape index (κ1) is 18.1. The highest BCUT2D eigenvalue weighted by molar-refractivity contribution is 5.70. The van der Waals surface area contributed by atoms with E-state index >= 15 is 0 Å². The van der Waals surface area contributed by atoms with Crippen molar-refractivity contribution >= 4 is 11.8 Å². The van der Waals surface area contributed by atoms with E-state index < -0.39 is 23.3 Å². The Morgan fingerprint density at radius 3 is 2.59 bits per heavy atom. The van der Waals surface area contributed by atoms with Gasteiger partial charge in [-0.15, -0.1) is 0 Å². The van der Waals surface area contributed by atoms with Gasteiger partial charge in [-0.3, -0.25) is 0 Å². The fraction of sp³-hybridized carbons (Fsp3) is 0.550. The SMILES string of the molecule is COC(=O)N(C)[C@@]12CC[C@@H](C3C=C(c4c(F)cccc4F)N=NC31)C2(C)C. The first-order valence-corrected chi connectivity index (χ1v) is 9.14. The molecule has 1 aromatic rings. The zero-order valence-corrected chi connectivity index (χ0v) is 15.9. The normalized spacial score (nSPS) is 32.8. The summed E-state index contributed by atoms with van der Waals surface area (Å²) in [5.74, 6) is -1.10. The number of methoxy groups -OCH3 is 1. The number of nitrogens with zero attached hydrogens (tertiary/aromatic N) is 3. The van der Waals surface area contributed by atoms with Gasteiger partial charge < -0.3 is 9.64 Å². The number of likely N-dealkylation sites (N-methyl/N-ethyl adjacent to an activating group) is 1. The summed E-state index contributed by atoms with van der Waals surface area (Å²) in [6, 6.07) is 3.52. The lowest BCUT2D eigenvalue weighted by Crippen LogP contribution is -2.60. The molecule has 1 heterocycles. The molecule has 7 heteroatoms. The Bertz CT molecular complexity index is 847. The summed E-state index contributed by atoms with van der Waals surface area (Å²) in [5.41, 5.74) is -0.680. The quantitative estimate of drug-likeness (QED) is 0.756. The van der Waals surface area contributed by atoms with Crippen molar-refractivity contribution in [2.75, 3.05) is 14.2 Å². The molecule has 2 bridgehead atoms. The van der Waals surface area contributed by atoms with Crippen LogP contribution in [0.5, 0.6) is 0 Å². The van der Waals surface area contributed by atoms with Gasteiger partial charge in [0.25, 0.3) is 0 Å². The van der Waals surface area contributed by atoms with Crippen LogP contribution in [0.3, 0.4) is 0 Å². The number of rotatable bonds is 2. The van der Waals surface area contributed by atoms with E-state index in [1.54, 1.807) is 11.9 Å². The van der Waals surface area contributed by atoms with Crippen LogP contribution in [0, 0.1) is 28.9 Å². The summed E-state index contributed by atoms with van der Waals surface area (Å²) in [7, 11) is 3.10. The van der Waals surface area contributed by atoms with Gasteiger partial charge in [0, 0.05) is 13.0 Å². The van der Waals surface area contributed by atoms with Crippen molar-refractivity contribution in [3.05, 3.63) is 41.5 Å². The van der Waals surface area contributed by atoms with Gasteiger partial charge in [-0.1, -0.05) is 26.0 Å². The van der Waals surface area contributed by atoms with Crippen LogP contribution in [-0.4, -0.2) is 36.7 Å². The zero-order chi connectivity index (χ0) is 19.6. The highest BCUT2D eigenvalue weighted by Crippen LogP contribution is 2.67. The summed E-state index contributed by atoms with van der Waals surface area (Å²) < 4.78 is 33.4. The van der Waals surface area contributed by atoms with E-state index in [0.29, 0.717) is 0 Å². The van der Waals surface area contributed by atoms with E-state index in [9.17, 15) is 13.6 Å². The third kappa shape index (κ3) is 2.17. The molecule has 5 nitrogen and oxygen atoms in total. The van der Waals surface area contributed by atoms with Gasteiger partial charge in [0.05, 0.1) is 23.9 Å². The van der Waals surface area contributed by atoms with Crippen LogP contribution < -0.4 is 0 Å². The van der Waals surface area contributed by atoms with Crippen molar-refractivity contribution in [3.63, 3.8) is 0 Å². The van der Waals surface area contributed by atoms with Gasteiger partial charge in [-0.2, -0.15) is 10.2 Å². The molecule has 4 rings (SSSR count). The minimum Gasteiger partial charge on any atom is -0.453 e. The van der Waals surface area contributed by atoms with Crippen molar-refractivity contribution in [1.29, 1.82) is 0 Å². The van der Waals surface area contributed by atoms with Gasteiger partial charge >= 0.3 is 6.09 Å². The monoisotopic (exact) mass is 375 g/mol. The van der Waals surface area contributed by atoms with Crippen molar-refractivity contribution in [2.45, 2.75) is 38.3 Å². The maximum Gasteiger partial charge on any atom is 0.409 e. The maximum atomic E-state index is 14.2. The molecule has 3 aliphatic rings. The summed E-state index contributed by atoms with van der Waals surface area (Å²) in [4.78, 5) is 14.0. The molecule has 0 aromatic heterocycles. The number of hydrogen-bond acceptors (Lipinski definition) is 4. The number of carbonyl (C=O) groups excluding carboxylic acids is 1. The average molecular weight is 375 g/mol. The first-order chi connectivity index (χ1) is 12.8. The lowest BCUT2D eigenvalue weighted by molar-refractivity contribution is 0.0226. The Labute approximate surface area is 157 Å². The molecule has 4 atom stereocenters. The van der Waals surface area contributed by atoms with Crippen molar-refractivity contribution in [3.8, 4) is 0 Å². The maximum absolute atomic E-state index is 14.2. The number of hydrogen-bond donors (Lipinski definition) is 0. The van der Waals surface area contributed by atoms with Crippen molar-refractivity contribution < 1.29 is 18.3 Å². The highest BCUT2D eigenvalue weighted by Gasteiger charge is 2.71. The third-order valence-corrected chi connectivity index (χ3v) is 7.10. The molecule has 1 amide bonds. The minimum absolute atomic E-state index is 0.0348. The highest BCUT2D eigenvalue weighted by atomic mass is 19.1. The number of halogens is 2. The van der Waals surface area contributed by atoms with Crippen LogP contribution in [-0.2, 0) is 4.74 Å². The molecule has 2 aliphatic carbocycles. The Morgan fingerprint density at radius 2 is 1.96 bits per heavy atom. The van der Waals surface area contributed by atoms with Crippen LogP contribution in [0.2, 0.25) is 0 Å². The summed E-state index contributed by atoms with van der Waals surface area (Å²) in [6.45, 7) is 4.27.